The first-order valence-corrected chi connectivity index (χ1v) is 3.93. The molecular formula is C8H7F2NO2. The normalized spacial score (nSPS) is 26.8. The van der Waals surface area contributed by atoms with E-state index in [1.807, 2.05) is 5.32 Å². The number of amides is 2. The number of nitrogens with one attached hydrogen (secondary N) is 1. The third-order valence-corrected chi connectivity index (χ3v) is 2.32. The summed E-state index contributed by atoms with van der Waals surface area (Å²) in [6, 6.07) is 0. The van der Waals surface area contributed by atoms with Gasteiger partial charge in [-0.1, -0.05) is 0 Å². The number of hydrogen-bond donors (Lipinski definition) is 1. The van der Waals surface area contributed by atoms with Gasteiger partial charge in [0.25, 0.3) is 11.8 Å². The van der Waals surface area contributed by atoms with Crippen molar-refractivity contribution in [3.8, 4) is 0 Å². The van der Waals surface area contributed by atoms with Crippen LogP contribution in [0.4, 0.5) is 8.78 Å². The van der Waals surface area contributed by atoms with Crippen molar-refractivity contribution < 1.29 is 18.4 Å². The summed E-state index contributed by atoms with van der Waals surface area (Å²) in [4.78, 5) is 21.7. The molecule has 0 unspecified atom stereocenters. The average Bonchev–Trinajstić information content (AvgIpc) is 2.24. The van der Waals surface area contributed by atoms with Gasteiger partial charge in [-0.15, -0.1) is 0 Å². The predicted octanol–water partition coefficient (Wildman–Crippen LogP) is 0.614. The van der Waals surface area contributed by atoms with Crippen LogP contribution >= 0.6 is 0 Å². The van der Waals surface area contributed by atoms with E-state index >= 15 is 0 Å². The molecular weight excluding hydrogens is 180 g/mol. The zero-order chi connectivity index (χ0) is 9.64. The van der Waals surface area contributed by atoms with Crippen LogP contribution < -0.4 is 5.32 Å². The molecule has 1 saturated carbocycles. The van der Waals surface area contributed by atoms with E-state index in [1.54, 1.807) is 0 Å². The van der Waals surface area contributed by atoms with E-state index < -0.39 is 23.7 Å². The van der Waals surface area contributed by atoms with E-state index in [0.717, 1.165) is 6.08 Å². The SMILES string of the molecule is O=C1C=C(C2CC(F)(F)C2)C(=O)N1. The summed E-state index contributed by atoms with van der Waals surface area (Å²) in [6.45, 7) is 0. The summed E-state index contributed by atoms with van der Waals surface area (Å²) in [5, 5.41) is 2.03. The number of rotatable bonds is 1. The first kappa shape index (κ1) is 8.34. The zero-order valence-electron chi connectivity index (χ0n) is 6.64. The largest absolute Gasteiger partial charge is 0.289 e. The molecule has 0 aromatic carbocycles. The highest BCUT2D eigenvalue weighted by Crippen LogP contribution is 2.46. The van der Waals surface area contributed by atoms with Crippen molar-refractivity contribution in [3.05, 3.63) is 11.6 Å². The molecule has 0 spiro atoms. The van der Waals surface area contributed by atoms with Crippen LogP contribution in [0.5, 0.6) is 0 Å². The van der Waals surface area contributed by atoms with Crippen molar-refractivity contribution >= 4 is 11.8 Å². The van der Waals surface area contributed by atoms with Crippen LogP contribution in [0.1, 0.15) is 12.8 Å². The van der Waals surface area contributed by atoms with E-state index in [4.69, 9.17) is 0 Å². The smallest absolute Gasteiger partial charge is 0.254 e. The van der Waals surface area contributed by atoms with Gasteiger partial charge in [0.2, 0.25) is 5.92 Å². The molecule has 0 aromatic heterocycles. The van der Waals surface area contributed by atoms with Crippen molar-refractivity contribution in [3.63, 3.8) is 0 Å². The minimum Gasteiger partial charge on any atom is -0.289 e. The molecule has 0 saturated heterocycles. The second-order valence-electron chi connectivity index (χ2n) is 3.38. The fraction of sp³-hybridized carbons (Fsp3) is 0.500. The molecule has 1 aliphatic heterocycles. The van der Waals surface area contributed by atoms with Crippen molar-refractivity contribution in [1.82, 2.24) is 5.32 Å². The Hall–Kier alpha value is -1.26. The lowest BCUT2D eigenvalue weighted by molar-refractivity contribution is -0.126. The standard InChI is InChI=1S/C8H7F2NO2/c9-8(10)2-4(3-8)5-1-6(12)11-7(5)13/h1,4H,2-3H2,(H,11,12,13). The summed E-state index contributed by atoms with van der Waals surface area (Å²) in [6.07, 6.45) is 0.474. The van der Waals surface area contributed by atoms with Gasteiger partial charge in [-0.25, -0.2) is 8.78 Å². The van der Waals surface area contributed by atoms with Gasteiger partial charge >= 0.3 is 0 Å². The van der Waals surface area contributed by atoms with Crippen LogP contribution in [-0.2, 0) is 9.59 Å². The van der Waals surface area contributed by atoms with E-state index in [2.05, 4.69) is 0 Å². The maximum atomic E-state index is 12.4. The Balaban J connectivity index is 2.08. The second kappa shape index (κ2) is 2.37. The number of alkyl halides is 2. The third kappa shape index (κ3) is 1.34. The van der Waals surface area contributed by atoms with Crippen LogP contribution in [0.2, 0.25) is 0 Å². The molecule has 0 atom stereocenters. The van der Waals surface area contributed by atoms with Crippen LogP contribution in [0.15, 0.2) is 11.6 Å². The van der Waals surface area contributed by atoms with E-state index in [1.165, 1.54) is 0 Å². The van der Waals surface area contributed by atoms with E-state index in [0.29, 0.717) is 0 Å². The van der Waals surface area contributed by atoms with Gasteiger partial charge in [0, 0.05) is 30.4 Å². The highest BCUT2D eigenvalue weighted by molar-refractivity contribution is 6.16. The second-order valence-corrected chi connectivity index (χ2v) is 3.38. The van der Waals surface area contributed by atoms with Gasteiger partial charge in [0.05, 0.1) is 0 Å². The van der Waals surface area contributed by atoms with Crippen LogP contribution in [0.25, 0.3) is 0 Å². The van der Waals surface area contributed by atoms with E-state index in [-0.39, 0.29) is 18.4 Å². The molecule has 2 amide bonds. The molecule has 5 heteroatoms. The Bertz CT molecular complexity index is 314. The van der Waals surface area contributed by atoms with Gasteiger partial charge in [-0.3, -0.25) is 14.9 Å². The topological polar surface area (TPSA) is 46.2 Å². The van der Waals surface area contributed by atoms with Crippen molar-refractivity contribution in [2.24, 2.45) is 5.92 Å². The lowest BCUT2D eigenvalue weighted by Crippen LogP contribution is -2.38. The summed E-state index contributed by atoms with van der Waals surface area (Å²) < 4.78 is 24.8. The van der Waals surface area contributed by atoms with Crippen molar-refractivity contribution in [1.29, 1.82) is 0 Å². The molecule has 1 N–H and O–H groups in total. The van der Waals surface area contributed by atoms with Gasteiger partial charge in [-0.2, -0.15) is 0 Å². The van der Waals surface area contributed by atoms with Crippen LogP contribution in [-0.4, -0.2) is 17.7 Å². The molecule has 0 bridgehead atoms. The molecule has 0 aromatic rings. The van der Waals surface area contributed by atoms with Gasteiger partial charge in [0.1, 0.15) is 0 Å². The number of imide groups is 1. The summed E-state index contributed by atoms with van der Waals surface area (Å²) >= 11 is 0. The van der Waals surface area contributed by atoms with Gasteiger partial charge in [0.15, 0.2) is 0 Å². The highest BCUT2D eigenvalue weighted by Gasteiger charge is 2.49. The fourth-order valence-corrected chi connectivity index (χ4v) is 1.61. The Kier molecular flexibility index (Phi) is 1.52. The zero-order valence-corrected chi connectivity index (χ0v) is 6.64. The lowest BCUT2D eigenvalue weighted by Gasteiger charge is -2.34. The Morgan fingerprint density at radius 1 is 1.38 bits per heavy atom. The van der Waals surface area contributed by atoms with Gasteiger partial charge < -0.3 is 0 Å². The maximum Gasteiger partial charge on any atom is 0.254 e. The average molecular weight is 187 g/mol. The molecule has 0 radical (unpaired) electrons. The number of carbonyl (C=O) groups excluding carboxylic acids is 2. The Morgan fingerprint density at radius 3 is 2.38 bits per heavy atom. The molecule has 1 aliphatic carbocycles. The summed E-state index contributed by atoms with van der Waals surface area (Å²) in [5.41, 5.74) is 0.205. The quantitative estimate of drug-likeness (QED) is 0.611. The number of halogens is 2. The van der Waals surface area contributed by atoms with E-state index in [9.17, 15) is 18.4 Å². The fourth-order valence-electron chi connectivity index (χ4n) is 1.61. The lowest BCUT2D eigenvalue weighted by atomic mass is 9.76. The Morgan fingerprint density at radius 2 is 2.00 bits per heavy atom. The van der Waals surface area contributed by atoms with Crippen molar-refractivity contribution in [2.75, 3.05) is 0 Å². The van der Waals surface area contributed by atoms with Crippen molar-refractivity contribution in [2.45, 2.75) is 18.8 Å². The first-order valence-electron chi connectivity index (χ1n) is 3.93. The summed E-state index contributed by atoms with van der Waals surface area (Å²) in [7, 11) is 0. The highest BCUT2D eigenvalue weighted by atomic mass is 19.3. The minimum absolute atomic E-state index is 0.205. The monoisotopic (exact) mass is 187 g/mol. The number of carbonyl (C=O) groups is 2. The number of hydrogen-bond acceptors (Lipinski definition) is 2. The molecule has 3 nitrogen and oxygen atoms in total. The molecule has 2 rings (SSSR count). The minimum atomic E-state index is -2.66. The van der Waals surface area contributed by atoms with Crippen LogP contribution in [0.3, 0.4) is 0 Å². The predicted molar refractivity (Wildman–Crippen MR) is 38.9 cm³/mol. The molecule has 2 aliphatic rings. The summed E-state index contributed by atoms with van der Waals surface area (Å²) in [5.74, 6) is -4.13. The molecule has 70 valence electrons. The Labute approximate surface area is 72.8 Å². The molecule has 1 heterocycles. The van der Waals surface area contributed by atoms with Gasteiger partial charge in [-0.05, 0) is 0 Å². The first-order chi connectivity index (χ1) is 5.98. The molecule has 1 fully saturated rings. The maximum absolute atomic E-state index is 12.4. The third-order valence-electron chi connectivity index (χ3n) is 2.32. The molecule has 13 heavy (non-hydrogen) atoms. The van der Waals surface area contributed by atoms with Crippen LogP contribution in [0, 0.1) is 5.92 Å².